The molecule has 0 aromatic rings. The second-order valence-corrected chi connectivity index (χ2v) is 9.30. The summed E-state index contributed by atoms with van der Waals surface area (Å²) < 4.78 is 5.85. The van der Waals surface area contributed by atoms with E-state index in [9.17, 15) is 10.2 Å². The zero-order chi connectivity index (χ0) is 17.4. The second-order valence-electron chi connectivity index (χ2n) is 9.30. The minimum absolute atomic E-state index is 0.0158. The van der Waals surface area contributed by atoms with Crippen LogP contribution in [0.15, 0.2) is 11.6 Å². The van der Waals surface area contributed by atoms with Crippen LogP contribution in [0, 0.1) is 22.7 Å². The predicted molar refractivity (Wildman–Crippen MR) is 95.8 cm³/mol. The standard InChI is InChI=1S/C20H35NO3/c1-19(2)16-6-5-15(18(19)9-16)11-24-12-17(23)10-21-8-4-7-20(3,13-21)14-22/h5,16-18,22-23H,4,6-14H2,1-3H3. The fourth-order valence-corrected chi connectivity index (χ4v) is 5.02. The van der Waals surface area contributed by atoms with Gasteiger partial charge in [-0.1, -0.05) is 26.8 Å². The lowest BCUT2D eigenvalue weighted by atomic mass is 9.49. The van der Waals surface area contributed by atoms with E-state index in [-0.39, 0.29) is 12.0 Å². The molecule has 4 rings (SSSR count). The normalized spacial score (nSPS) is 36.8. The summed E-state index contributed by atoms with van der Waals surface area (Å²) in [5, 5.41) is 19.8. The van der Waals surface area contributed by atoms with Gasteiger partial charge in [0.25, 0.3) is 0 Å². The monoisotopic (exact) mass is 337 g/mol. The average molecular weight is 338 g/mol. The Kier molecular flexibility index (Phi) is 5.41. The number of β-amino-alcohol motifs (C(OH)–C–C–N with tert-alkyl or cyclic N) is 1. The van der Waals surface area contributed by atoms with Gasteiger partial charge in [-0.25, -0.2) is 0 Å². The van der Waals surface area contributed by atoms with E-state index in [1.165, 1.54) is 18.4 Å². The van der Waals surface area contributed by atoms with Crippen molar-refractivity contribution in [1.29, 1.82) is 0 Å². The van der Waals surface area contributed by atoms with Gasteiger partial charge in [-0.15, -0.1) is 0 Å². The van der Waals surface area contributed by atoms with Gasteiger partial charge in [0.1, 0.15) is 0 Å². The molecule has 4 heteroatoms. The molecule has 1 heterocycles. The maximum absolute atomic E-state index is 10.3. The first kappa shape index (κ1) is 18.4. The van der Waals surface area contributed by atoms with Crippen LogP contribution < -0.4 is 0 Å². The van der Waals surface area contributed by atoms with Crippen LogP contribution in [0.25, 0.3) is 0 Å². The molecule has 4 unspecified atom stereocenters. The van der Waals surface area contributed by atoms with Gasteiger partial charge < -0.3 is 19.8 Å². The van der Waals surface area contributed by atoms with Crippen LogP contribution >= 0.6 is 0 Å². The van der Waals surface area contributed by atoms with E-state index in [0.717, 1.165) is 31.8 Å². The van der Waals surface area contributed by atoms with Crippen molar-refractivity contribution >= 4 is 0 Å². The molecule has 4 atom stereocenters. The largest absolute Gasteiger partial charge is 0.396 e. The number of piperidine rings is 1. The summed E-state index contributed by atoms with van der Waals surface area (Å²) in [4.78, 5) is 2.27. The second kappa shape index (κ2) is 7.06. The number of fused-ring (bicyclic) bond motifs is 1. The van der Waals surface area contributed by atoms with Crippen LogP contribution in [0.5, 0.6) is 0 Å². The zero-order valence-corrected chi connectivity index (χ0v) is 15.6. The molecule has 24 heavy (non-hydrogen) atoms. The van der Waals surface area contributed by atoms with Crippen molar-refractivity contribution in [3.8, 4) is 0 Å². The van der Waals surface area contributed by atoms with Gasteiger partial charge in [0.05, 0.1) is 19.3 Å². The van der Waals surface area contributed by atoms with Crippen molar-refractivity contribution in [1.82, 2.24) is 4.90 Å². The Hall–Kier alpha value is -0.420. The fourth-order valence-electron chi connectivity index (χ4n) is 5.02. The molecule has 1 aliphatic heterocycles. The van der Waals surface area contributed by atoms with Crippen molar-refractivity contribution in [3.05, 3.63) is 11.6 Å². The van der Waals surface area contributed by atoms with Crippen LogP contribution in [0.3, 0.4) is 0 Å². The third-order valence-electron chi connectivity index (χ3n) is 6.87. The lowest BCUT2D eigenvalue weighted by molar-refractivity contribution is -0.0309. The summed E-state index contributed by atoms with van der Waals surface area (Å²) in [7, 11) is 0. The van der Waals surface area contributed by atoms with E-state index in [1.807, 2.05) is 0 Å². The van der Waals surface area contributed by atoms with E-state index in [1.54, 1.807) is 0 Å². The van der Waals surface area contributed by atoms with Crippen molar-refractivity contribution in [2.45, 2.75) is 52.6 Å². The summed E-state index contributed by atoms with van der Waals surface area (Å²) in [6, 6.07) is 0. The van der Waals surface area contributed by atoms with Gasteiger partial charge in [-0.2, -0.15) is 0 Å². The van der Waals surface area contributed by atoms with Crippen LogP contribution in [-0.2, 0) is 4.74 Å². The van der Waals surface area contributed by atoms with Crippen LogP contribution in [-0.4, -0.2) is 60.7 Å². The first-order chi connectivity index (χ1) is 11.3. The number of hydrogen-bond donors (Lipinski definition) is 2. The maximum Gasteiger partial charge on any atom is 0.0900 e. The number of aliphatic hydroxyl groups excluding tert-OH is 2. The quantitative estimate of drug-likeness (QED) is 0.701. The number of likely N-dealkylation sites (tertiary alicyclic amines) is 1. The molecule has 2 fully saturated rings. The smallest absolute Gasteiger partial charge is 0.0900 e. The third kappa shape index (κ3) is 3.72. The molecule has 4 nitrogen and oxygen atoms in total. The highest BCUT2D eigenvalue weighted by Crippen LogP contribution is 2.59. The first-order valence-corrected chi connectivity index (χ1v) is 9.62. The first-order valence-electron chi connectivity index (χ1n) is 9.62. The summed E-state index contributed by atoms with van der Waals surface area (Å²) in [6.07, 6.45) is 6.59. The minimum atomic E-state index is -0.447. The summed E-state index contributed by atoms with van der Waals surface area (Å²) >= 11 is 0. The van der Waals surface area contributed by atoms with Crippen molar-refractivity contribution < 1.29 is 14.9 Å². The third-order valence-corrected chi connectivity index (χ3v) is 6.87. The number of hydrogen-bond acceptors (Lipinski definition) is 4. The average Bonchev–Trinajstić information content (AvgIpc) is 2.55. The van der Waals surface area contributed by atoms with Gasteiger partial charge in [0, 0.05) is 25.1 Å². The topological polar surface area (TPSA) is 52.9 Å². The van der Waals surface area contributed by atoms with E-state index in [2.05, 4.69) is 31.7 Å². The summed E-state index contributed by atoms with van der Waals surface area (Å²) in [5.74, 6) is 1.54. The van der Waals surface area contributed by atoms with Crippen LogP contribution in [0.2, 0.25) is 0 Å². The van der Waals surface area contributed by atoms with Gasteiger partial charge >= 0.3 is 0 Å². The number of aliphatic hydroxyl groups is 2. The van der Waals surface area contributed by atoms with Crippen molar-refractivity contribution in [3.63, 3.8) is 0 Å². The van der Waals surface area contributed by atoms with Crippen molar-refractivity contribution in [2.75, 3.05) is 39.5 Å². The molecular weight excluding hydrogens is 302 g/mol. The highest BCUT2D eigenvalue weighted by Gasteiger charge is 2.50. The summed E-state index contributed by atoms with van der Waals surface area (Å²) in [5.41, 5.74) is 1.87. The molecule has 138 valence electrons. The molecule has 1 saturated heterocycles. The van der Waals surface area contributed by atoms with Gasteiger partial charge in [-0.3, -0.25) is 0 Å². The van der Waals surface area contributed by atoms with Crippen LogP contribution in [0.4, 0.5) is 0 Å². The Morgan fingerprint density at radius 1 is 1.38 bits per heavy atom. The Morgan fingerprint density at radius 3 is 2.83 bits per heavy atom. The number of ether oxygens (including phenoxy) is 1. The highest BCUT2D eigenvalue weighted by atomic mass is 16.5. The maximum atomic E-state index is 10.3. The van der Waals surface area contributed by atoms with E-state index < -0.39 is 6.10 Å². The minimum Gasteiger partial charge on any atom is -0.396 e. The molecule has 0 aromatic heterocycles. The van der Waals surface area contributed by atoms with E-state index in [0.29, 0.717) is 31.1 Å². The van der Waals surface area contributed by atoms with E-state index in [4.69, 9.17) is 4.74 Å². The molecule has 3 aliphatic carbocycles. The van der Waals surface area contributed by atoms with Crippen LogP contribution in [0.1, 0.15) is 46.5 Å². The van der Waals surface area contributed by atoms with E-state index >= 15 is 0 Å². The Bertz CT molecular complexity index is 476. The fraction of sp³-hybridized carbons (Fsp3) is 0.900. The lowest BCUT2D eigenvalue weighted by Crippen LogP contribution is -2.49. The molecular formula is C20H35NO3. The molecule has 0 radical (unpaired) electrons. The van der Waals surface area contributed by atoms with Gasteiger partial charge in [0.15, 0.2) is 0 Å². The molecule has 2 bridgehead atoms. The predicted octanol–water partition coefficient (Wildman–Crippen LogP) is 2.45. The Balaban J connectivity index is 1.39. The number of allylic oxidation sites excluding steroid dienone is 1. The lowest BCUT2D eigenvalue weighted by Gasteiger charge is -2.56. The SMILES string of the molecule is CC1(CO)CCCN(CC(O)COCC2=CCC3CC2C3(C)C)C1. The molecule has 4 aliphatic rings. The highest BCUT2D eigenvalue weighted by molar-refractivity contribution is 5.23. The zero-order valence-electron chi connectivity index (χ0n) is 15.6. The summed E-state index contributed by atoms with van der Waals surface area (Å²) in [6.45, 7) is 10.7. The molecule has 0 amide bonds. The Labute approximate surface area is 146 Å². The van der Waals surface area contributed by atoms with Crippen molar-refractivity contribution in [2.24, 2.45) is 22.7 Å². The molecule has 0 aromatic carbocycles. The number of rotatable bonds is 7. The Morgan fingerprint density at radius 2 is 2.17 bits per heavy atom. The molecule has 2 N–H and O–H groups in total. The number of nitrogens with zero attached hydrogens (tertiary/aromatic N) is 1. The molecule has 0 spiro atoms. The molecule has 1 saturated carbocycles. The van der Waals surface area contributed by atoms with Gasteiger partial charge in [-0.05, 0) is 55.1 Å². The van der Waals surface area contributed by atoms with Gasteiger partial charge in [0.2, 0.25) is 0 Å².